The van der Waals surface area contributed by atoms with E-state index in [1.54, 1.807) is 12.1 Å². The van der Waals surface area contributed by atoms with Gasteiger partial charge in [0.2, 0.25) is 0 Å². The fourth-order valence-corrected chi connectivity index (χ4v) is 1.41. The minimum absolute atomic E-state index is 0.0943. The van der Waals surface area contributed by atoms with E-state index in [1.165, 1.54) is 12.1 Å². The van der Waals surface area contributed by atoms with E-state index in [2.05, 4.69) is 0 Å². The smallest absolute Gasteiger partial charge is 0.269 e. The predicted molar refractivity (Wildman–Crippen MR) is 67.4 cm³/mol. The summed E-state index contributed by atoms with van der Waals surface area (Å²) < 4.78 is 0. The highest BCUT2D eigenvalue weighted by Gasteiger charge is 2.21. The molecule has 0 fully saturated rings. The summed E-state index contributed by atoms with van der Waals surface area (Å²) in [7, 11) is 0. The maximum absolute atomic E-state index is 10.5. The molecule has 5 heteroatoms. The average Bonchev–Trinajstić information content (AvgIpc) is 2.17. The normalized spacial score (nSPS) is 11.1. The van der Waals surface area contributed by atoms with Crippen molar-refractivity contribution in [3.05, 3.63) is 39.9 Å². The van der Waals surface area contributed by atoms with Gasteiger partial charge in [-0.25, -0.2) is 0 Å². The summed E-state index contributed by atoms with van der Waals surface area (Å²) in [6.45, 7) is 3.91. The lowest BCUT2D eigenvalue weighted by atomic mass is 9.86. The molecule has 0 unspecified atom stereocenters. The molecule has 4 nitrogen and oxygen atoms in total. The summed E-state index contributed by atoms with van der Waals surface area (Å²) in [5, 5.41) is 10.5. The van der Waals surface area contributed by atoms with Crippen molar-refractivity contribution in [1.29, 1.82) is 0 Å². The third-order valence-electron chi connectivity index (χ3n) is 2.46. The third-order valence-corrected chi connectivity index (χ3v) is 3.01. The lowest BCUT2D eigenvalue weighted by Crippen LogP contribution is -2.31. The SMILES string of the molecule is CC(C)(Cc1ccc([N+](=O)[O-])cc1)C(N)=S. The van der Waals surface area contributed by atoms with Crippen LogP contribution >= 0.6 is 12.2 Å². The van der Waals surface area contributed by atoms with Gasteiger partial charge in [-0.05, 0) is 12.0 Å². The zero-order valence-electron chi connectivity index (χ0n) is 9.27. The minimum atomic E-state index is -0.414. The number of rotatable bonds is 4. The monoisotopic (exact) mass is 238 g/mol. The molecule has 0 amide bonds. The molecule has 1 aromatic rings. The number of non-ortho nitro benzene ring substituents is 1. The first-order valence-electron chi connectivity index (χ1n) is 4.86. The van der Waals surface area contributed by atoms with Crippen molar-refractivity contribution < 1.29 is 4.92 Å². The van der Waals surface area contributed by atoms with E-state index in [0.29, 0.717) is 11.4 Å². The number of thiocarbonyl (C=S) groups is 1. The van der Waals surface area contributed by atoms with Gasteiger partial charge in [0.25, 0.3) is 5.69 Å². The second kappa shape index (κ2) is 4.57. The average molecular weight is 238 g/mol. The van der Waals surface area contributed by atoms with Crippen molar-refractivity contribution in [2.24, 2.45) is 11.1 Å². The second-order valence-electron chi connectivity index (χ2n) is 4.35. The van der Waals surface area contributed by atoms with Gasteiger partial charge in [0.15, 0.2) is 0 Å². The van der Waals surface area contributed by atoms with Gasteiger partial charge >= 0.3 is 0 Å². The van der Waals surface area contributed by atoms with E-state index < -0.39 is 4.92 Å². The summed E-state index contributed by atoms with van der Waals surface area (Å²) >= 11 is 4.97. The number of nitro benzene ring substituents is 1. The fraction of sp³-hybridized carbons (Fsp3) is 0.364. The molecule has 0 heterocycles. The Morgan fingerprint density at radius 2 is 1.94 bits per heavy atom. The van der Waals surface area contributed by atoms with Gasteiger partial charge in [-0.1, -0.05) is 38.2 Å². The van der Waals surface area contributed by atoms with Crippen LogP contribution in [-0.4, -0.2) is 9.91 Å². The van der Waals surface area contributed by atoms with Gasteiger partial charge in [-0.3, -0.25) is 10.1 Å². The Bertz CT molecular complexity index is 412. The summed E-state index contributed by atoms with van der Waals surface area (Å²) in [5.74, 6) is 0. The fourth-order valence-electron chi connectivity index (χ4n) is 1.33. The topological polar surface area (TPSA) is 69.2 Å². The lowest BCUT2D eigenvalue weighted by molar-refractivity contribution is -0.384. The van der Waals surface area contributed by atoms with Gasteiger partial charge in [0.05, 0.1) is 9.91 Å². The molecule has 0 aromatic heterocycles. The summed E-state index contributed by atoms with van der Waals surface area (Å²) in [6.07, 6.45) is 0.681. The summed E-state index contributed by atoms with van der Waals surface area (Å²) in [4.78, 5) is 10.5. The first-order valence-corrected chi connectivity index (χ1v) is 5.27. The molecule has 16 heavy (non-hydrogen) atoms. The highest BCUT2D eigenvalue weighted by molar-refractivity contribution is 7.80. The second-order valence-corrected chi connectivity index (χ2v) is 4.79. The van der Waals surface area contributed by atoms with Crippen LogP contribution in [0.4, 0.5) is 5.69 Å². The Kier molecular flexibility index (Phi) is 3.59. The quantitative estimate of drug-likeness (QED) is 0.497. The first kappa shape index (κ1) is 12.6. The van der Waals surface area contributed by atoms with E-state index >= 15 is 0 Å². The van der Waals surface area contributed by atoms with E-state index in [-0.39, 0.29) is 11.1 Å². The van der Waals surface area contributed by atoms with Gasteiger partial charge in [0.1, 0.15) is 0 Å². The Morgan fingerprint density at radius 1 is 1.44 bits per heavy atom. The Hall–Kier alpha value is -1.49. The van der Waals surface area contributed by atoms with Crippen LogP contribution in [0, 0.1) is 15.5 Å². The number of nitro groups is 1. The van der Waals surface area contributed by atoms with E-state index in [0.717, 1.165) is 5.56 Å². The van der Waals surface area contributed by atoms with Gasteiger partial charge in [0, 0.05) is 17.5 Å². The van der Waals surface area contributed by atoms with Crippen LogP contribution in [0.15, 0.2) is 24.3 Å². The van der Waals surface area contributed by atoms with Crippen LogP contribution in [0.3, 0.4) is 0 Å². The van der Waals surface area contributed by atoms with E-state index in [1.807, 2.05) is 13.8 Å². The van der Waals surface area contributed by atoms with Crippen molar-refractivity contribution in [3.8, 4) is 0 Å². The molecule has 0 saturated carbocycles. The Balaban J connectivity index is 2.84. The standard InChI is InChI=1S/C11H14N2O2S/c1-11(2,10(12)16)7-8-3-5-9(6-4-8)13(14)15/h3-6H,7H2,1-2H3,(H2,12,16). The number of benzene rings is 1. The van der Waals surface area contributed by atoms with Crippen molar-refractivity contribution >= 4 is 22.9 Å². The van der Waals surface area contributed by atoms with E-state index in [4.69, 9.17) is 18.0 Å². The van der Waals surface area contributed by atoms with Gasteiger partial charge in [-0.15, -0.1) is 0 Å². The molecular formula is C11H14N2O2S. The molecule has 0 radical (unpaired) electrons. The Labute approximate surface area is 99.6 Å². The molecule has 0 atom stereocenters. The van der Waals surface area contributed by atoms with Crippen molar-refractivity contribution in [2.45, 2.75) is 20.3 Å². The molecule has 1 aromatic carbocycles. The van der Waals surface area contributed by atoms with Gasteiger partial charge < -0.3 is 5.73 Å². The van der Waals surface area contributed by atoms with Crippen molar-refractivity contribution in [3.63, 3.8) is 0 Å². The molecule has 0 aliphatic heterocycles. The zero-order valence-corrected chi connectivity index (χ0v) is 10.1. The summed E-state index contributed by atoms with van der Waals surface area (Å²) in [6, 6.07) is 6.45. The molecule has 86 valence electrons. The van der Waals surface area contributed by atoms with Crippen LogP contribution in [0.25, 0.3) is 0 Å². The molecule has 0 aliphatic rings. The maximum Gasteiger partial charge on any atom is 0.269 e. The maximum atomic E-state index is 10.5. The Morgan fingerprint density at radius 3 is 2.31 bits per heavy atom. The van der Waals surface area contributed by atoms with Crippen LogP contribution in [-0.2, 0) is 6.42 Å². The molecule has 1 rings (SSSR count). The first-order chi connectivity index (χ1) is 7.33. The molecular weight excluding hydrogens is 224 g/mol. The number of nitrogens with two attached hydrogens (primary N) is 1. The highest BCUT2D eigenvalue weighted by Crippen LogP contribution is 2.23. The van der Waals surface area contributed by atoms with Gasteiger partial charge in [-0.2, -0.15) is 0 Å². The van der Waals surface area contributed by atoms with Crippen LogP contribution in [0.1, 0.15) is 19.4 Å². The van der Waals surface area contributed by atoms with Crippen molar-refractivity contribution in [1.82, 2.24) is 0 Å². The third kappa shape index (κ3) is 3.00. The minimum Gasteiger partial charge on any atom is -0.393 e. The number of hydrogen-bond acceptors (Lipinski definition) is 3. The van der Waals surface area contributed by atoms with E-state index in [9.17, 15) is 10.1 Å². The van der Waals surface area contributed by atoms with Crippen LogP contribution < -0.4 is 5.73 Å². The summed E-state index contributed by atoms with van der Waals surface area (Å²) in [5.41, 5.74) is 6.43. The molecule has 0 bridgehead atoms. The largest absolute Gasteiger partial charge is 0.393 e. The number of hydrogen-bond donors (Lipinski definition) is 1. The molecule has 0 spiro atoms. The van der Waals surface area contributed by atoms with Crippen LogP contribution in [0.5, 0.6) is 0 Å². The molecule has 0 saturated heterocycles. The highest BCUT2D eigenvalue weighted by atomic mass is 32.1. The van der Waals surface area contributed by atoms with Crippen LogP contribution in [0.2, 0.25) is 0 Å². The number of nitrogens with zero attached hydrogens (tertiary/aromatic N) is 1. The predicted octanol–water partition coefficient (Wildman–Crippen LogP) is 2.45. The lowest BCUT2D eigenvalue weighted by Gasteiger charge is -2.22. The van der Waals surface area contributed by atoms with Crippen molar-refractivity contribution in [2.75, 3.05) is 0 Å². The molecule has 0 aliphatic carbocycles. The zero-order chi connectivity index (χ0) is 12.3. The molecule has 2 N–H and O–H groups in total.